The Morgan fingerprint density at radius 2 is 2.00 bits per heavy atom. The first-order valence-electron chi connectivity index (χ1n) is 8.38. The maximum absolute atomic E-state index is 12.7. The maximum atomic E-state index is 12.7. The summed E-state index contributed by atoms with van der Waals surface area (Å²) in [5.41, 5.74) is 0.664. The molecule has 1 aromatic heterocycles. The molecule has 2 aliphatic rings. The number of anilines is 1. The van der Waals surface area contributed by atoms with Crippen LogP contribution < -0.4 is 5.32 Å². The first-order valence-corrected chi connectivity index (χ1v) is 8.76. The highest BCUT2D eigenvalue weighted by atomic mass is 35.5. The highest BCUT2D eigenvalue weighted by molar-refractivity contribution is 6.30. The first-order chi connectivity index (χ1) is 12.2. The highest BCUT2D eigenvalue weighted by Gasteiger charge is 2.45. The van der Waals surface area contributed by atoms with Gasteiger partial charge in [0.15, 0.2) is 0 Å². The lowest BCUT2D eigenvalue weighted by atomic mass is 9.93. The van der Waals surface area contributed by atoms with Gasteiger partial charge in [-0.05, 0) is 30.3 Å². The number of likely N-dealkylation sites (tertiary alicyclic amines) is 1. The van der Waals surface area contributed by atoms with Crippen molar-refractivity contribution in [1.29, 1.82) is 0 Å². The predicted octanol–water partition coefficient (Wildman–Crippen LogP) is 2.33. The Morgan fingerprint density at radius 3 is 2.76 bits per heavy atom. The third-order valence-corrected chi connectivity index (χ3v) is 5.16. The van der Waals surface area contributed by atoms with Crippen molar-refractivity contribution in [2.75, 3.05) is 31.6 Å². The average molecular weight is 359 g/mol. The van der Waals surface area contributed by atoms with Crippen LogP contribution in [-0.2, 0) is 4.74 Å². The third kappa shape index (κ3) is 3.45. The van der Waals surface area contributed by atoms with Crippen LogP contribution in [0.25, 0.3) is 0 Å². The first kappa shape index (κ1) is 16.3. The van der Waals surface area contributed by atoms with Crippen LogP contribution in [0.4, 0.5) is 5.95 Å². The molecule has 6 nitrogen and oxygen atoms in total. The summed E-state index contributed by atoms with van der Waals surface area (Å²) in [5, 5.41) is 3.89. The molecular formula is C18H19ClN4O2. The molecule has 3 atom stereocenters. The van der Waals surface area contributed by atoms with Gasteiger partial charge in [-0.3, -0.25) is 4.79 Å². The Balaban J connectivity index is 1.37. The fourth-order valence-corrected chi connectivity index (χ4v) is 3.69. The zero-order valence-electron chi connectivity index (χ0n) is 13.6. The molecule has 2 aliphatic heterocycles. The van der Waals surface area contributed by atoms with E-state index in [9.17, 15) is 4.79 Å². The van der Waals surface area contributed by atoms with Crippen LogP contribution in [0.2, 0.25) is 5.02 Å². The van der Waals surface area contributed by atoms with E-state index in [1.54, 1.807) is 42.7 Å². The molecule has 0 saturated carbocycles. The average Bonchev–Trinajstić information content (AvgIpc) is 3.22. The van der Waals surface area contributed by atoms with Crippen LogP contribution in [0.1, 0.15) is 10.4 Å². The van der Waals surface area contributed by atoms with Crippen molar-refractivity contribution in [2.45, 2.75) is 6.10 Å². The van der Waals surface area contributed by atoms with Crippen molar-refractivity contribution in [2.24, 2.45) is 11.8 Å². The number of fused-ring (bicyclic) bond motifs is 1. The molecule has 0 bridgehead atoms. The number of nitrogens with one attached hydrogen (secondary N) is 1. The van der Waals surface area contributed by atoms with Crippen LogP contribution >= 0.6 is 11.6 Å². The second-order valence-electron chi connectivity index (χ2n) is 6.47. The minimum Gasteiger partial charge on any atom is -0.376 e. The molecule has 2 aromatic rings. The van der Waals surface area contributed by atoms with Crippen LogP contribution in [-0.4, -0.2) is 53.1 Å². The van der Waals surface area contributed by atoms with E-state index in [0.717, 1.165) is 6.54 Å². The second kappa shape index (κ2) is 6.98. The molecule has 2 saturated heterocycles. The van der Waals surface area contributed by atoms with Crippen LogP contribution in [0, 0.1) is 11.8 Å². The van der Waals surface area contributed by atoms with Crippen molar-refractivity contribution >= 4 is 23.5 Å². The Morgan fingerprint density at radius 1 is 1.24 bits per heavy atom. The molecule has 3 heterocycles. The topological polar surface area (TPSA) is 67.4 Å². The minimum absolute atomic E-state index is 0.0350. The molecule has 130 valence electrons. The van der Waals surface area contributed by atoms with Gasteiger partial charge in [-0.1, -0.05) is 11.6 Å². The SMILES string of the molecule is O=C(c1ccc(Cl)cc1)N1C[C@H]2[C@H](CNc3ncccn3)CO[C@H]2C1. The summed E-state index contributed by atoms with van der Waals surface area (Å²) >= 11 is 5.90. The smallest absolute Gasteiger partial charge is 0.253 e. The maximum Gasteiger partial charge on any atom is 0.253 e. The van der Waals surface area contributed by atoms with E-state index >= 15 is 0 Å². The van der Waals surface area contributed by atoms with Gasteiger partial charge in [0.1, 0.15) is 0 Å². The van der Waals surface area contributed by atoms with E-state index in [1.807, 2.05) is 4.90 Å². The molecular weight excluding hydrogens is 340 g/mol. The van der Waals surface area contributed by atoms with Crippen LogP contribution in [0.15, 0.2) is 42.7 Å². The van der Waals surface area contributed by atoms with Crippen LogP contribution in [0.3, 0.4) is 0 Å². The van der Waals surface area contributed by atoms with E-state index in [2.05, 4.69) is 15.3 Å². The molecule has 1 amide bonds. The minimum atomic E-state index is 0.0350. The number of benzene rings is 1. The predicted molar refractivity (Wildman–Crippen MR) is 94.6 cm³/mol. The van der Waals surface area contributed by atoms with Crippen molar-refractivity contribution < 1.29 is 9.53 Å². The quantitative estimate of drug-likeness (QED) is 0.908. The molecule has 2 fully saturated rings. The van der Waals surface area contributed by atoms with Gasteiger partial charge >= 0.3 is 0 Å². The molecule has 0 unspecified atom stereocenters. The molecule has 0 spiro atoms. The highest BCUT2D eigenvalue weighted by Crippen LogP contribution is 2.34. The normalized spacial score (nSPS) is 25.0. The van der Waals surface area contributed by atoms with Gasteiger partial charge in [-0.15, -0.1) is 0 Å². The fraction of sp³-hybridized carbons (Fsp3) is 0.389. The van der Waals surface area contributed by atoms with Crippen molar-refractivity contribution in [3.8, 4) is 0 Å². The number of aromatic nitrogens is 2. The summed E-state index contributed by atoms with van der Waals surface area (Å²) in [6.45, 7) is 2.81. The number of rotatable bonds is 4. The Hall–Kier alpha value is -2.18. The van der Waals surface area contributed by atoms with Crippen LogP contribution in [0.5, 0.6) is 0 Å². The fourth-order valence-electron chi connectivity index (χ4n) is 3.56. The van der Waals surface area contributed by atoms with Gasteiger partial charge in [0, 0.05) is 54.4 Å². The van der Waals surface area contributed by atoms with Gasteiger partial charge < -0.3 is 15.0 Å². The summed E-state index contributed by atoms with van der Waals surface area (Å²) < 4.78 is 5.92. The molecule has 1 N–H and O–H groups in total. The van der Waals surface area contributed by atoms with Crippen molar-refractivity contribution in [3.05, 3.63) is 53.3 Å². The number of amides is 1. The Bertz CT molecular complexity index is 741. The Kier molecular flexibility index (Phi) is 4.55. The molecule has 0 radical (unpaired) electrons. The zero-order valence-corrected chi connectivity index (χ0v) is 14.4. The number of hydrogen-bond acceptors (Lipinski definition) is 5. The summed E-state index contributed by atoms with van der Waals surface area (Å²) in [4.78, 5) is 22.9. The molecule has 0 aliphatic carbocycles. The second-order valence-corrected chi connectivity index (χ2v) is 6.90. The monoisotopic (exact) mass is 358 g/mol. The van der Waals surface area contributed by atoms with Crippen molar-refractivity contribution in [3.63, 3.8) is 0 Å². The number of carbonyl (C=O) groups excluding carboxylic acids is 1. The van der Waals surface area contributed by atoms with Crippen molar-refractivity contribution in [1.82, 2.24) is 14.9 Å². The van der Waals surface area contributed by atoms with Gasteiger partial charge in [0.05, 0.1) is 12.7 Å². The summed E-state index contributed by atoms with van der Waals surface area (Å²) in [7, 11) is 0. The lowest BCUT2D eigenvalue weighted by molar-refractivity contribution is 0.0680. The van der Waals surface area contributed by atoms with E-state index in [4.69, 9.17) is 16.3 Å². The van der Waals surface area contributed by atoms with E-state index in [1.165, 1.54) is 0 Å². The number of halogens is 1. The summed E-state index contributed by atoms with van der Waals surface area (Å²) in [6, 6.07) is 8.82. The number of hydrogen-bond donors (Lipinski definition) is 1. The molecule has 7 heteroatoms. The number of carbonyl (C=O) groups is 1. The lowest BCUT2D eigenvalue weighted by Gasteiger charge is -2.20. The van der Waals surface area contributed by atoms with E-state index in [-0.39, 0.29) is 12.0 Å². The summed E-state index contributed by atoms with van der Waals surface area (Å²) in [6.07, 6.45) is 3.54. The van der Waals surface area contributed by atoms with Gasteiger partial charge in [-0.2, -0.15) is 0 Å². The number of ether oxygens (including phenoxy) is 1. The lowest BCUT2D eigenvalue weighted by Crippen LogP contribution is -2.32. The third-order valence-electron chi connectivity index (χ3n) is 4.91. The van der Waals surface area contributed by atoms with Gasteiger partial charge in [-0.25, -0.2) is 9.97 Å². The van der Waals surface area contributed by atoms with E-state index < -0.39 is 0 Å². The van der Waals surface area contributed by atoms with Gasteiger partial charge in [0.2, 0.25) is 5.95 Å². The zero-order chi connectivity index (χ0) is 17.2. The molecule has 1 aromatic carbocycles. The molecule has 25 heavy (non-hydrogen) atoms. The standard InChI is InChI=1S/C18H19ClN4O2/c19-14-4-2-12(3-5-14)17(24)23-9-15-13(11-25-16(15)10-23)8-22-18-20-6-1-7-21-18/h1-7,13,15-16H,8-11H2,(H,20,21,22)/t13-,15+,16+/m1/s1. The summed E-state index contributed by atoms with van der Waals surface area (Å²) in [5.74, 6) is 1.34. The van der Waals surface area contributed by atoms with Gasteiger partial charge in [0.25, 0.3) is 5.91 Å². The Labute approximate surface area is 151 Å². The molecule has 4 rings (SSSR count). The number of nitrogens with zero attached hydrogens (tertiary/aromatic N) is 3. The van der Waals surface area contributed by atoms with E-state index in [0.29, 0.717) is 48.1 Å². The largest absolute Gasteiger partial charge is 0.376 e.